The van der Waals surface area contributed by atoms with Crippen molar-refractivity contribution in [2.45, 2.75) is 106 Å². The fourth-order valence-electron chi connectivity index (χ4n) is 11.1. The number of carbonyl (C=O) groups excluding carboxylic acids is 1. The Morgan fingerprint density at radius 2 is 1.79 bits per heavy atom. The van der Waals surface area contributed by atoms with E-state index in [1.807, 2.05) is 12.5 Å². The first-order valence-corrected chi connectivity index (χ1v) is 15.2. The normalized spacial score (nSPS) is 44.3. The average Bonchev–Trinajstić information content (AvgIpc) is 3.36. The predicted octanol–water partition coefficient (Wildman–Crippen LogP) is 7.81. The Bertz CT molecular complexity index is 1310. The van der Waals surface area contributed by atoms with Crippen molar-refractivity contribution in [1.82, 2.24) is 9.55 Å². The molecule has 5 heteroatoms. The van der Waals surface area contributed by atoms with Crippen molar-refractivity contribution < 1.29 is 9.90 Å². The second-order valence-corrected chi connectivity index (χ2v) is 16.1. The van der Waals surface area contributed by atoms with Gasteiger partial charge in [0.15, 0.2) is 5.78 Å². The molecule has 0 aliphatic heterocycles. The first-order chi connectivity index (χ1) is 18.1. The molecule has 5 aliphatic carbocycles. The van der Waals surface area contributed by atoms with E-state index in [0.717, 1.165) is 38.6 Å². The van der Waals surface area contributed by atoms with Crippen LogP contribution in [0.3, 0.4) is 0 Å². The Morgan fingerprint density at radius 1 is 1.08 bits per heavy atom. The number of hydrogen-bond acceptors (Lipinski definition) is 4. The number of fused-ring (bicyclic) bond motifs is 7. The van der Waals surface area contributed by atoms with Crippen LogP contribution in [-0.4, -0.2) is 20.4 Å². The number of rotatable bonds is 2. The molecule has 6 rings (SSSR count). The number of imidazole rings is 1. The fourth-order valence-corrected chi connectivity index (χ4v) is 11.1. The maximum Gasteiger partial charge on any atom is 0.159 e. The second kappa shape index (κ2) is 8.11. The number of carbonyl (C=O) groups is 1. The largest absolute Gasteiger partial charge is 0.511 e. The quantitative estimate of drug-likeness (QED) is 0.424. The summed E-state index contributed by atoms with van der Waals surface area (Å²) in [6.45, 7) is 17.1. The van der Waals surface area contributed by atoms with Crippen LogP contribution in [0.25, 0.3) is 0 Å². The van der Waals surface area contributed by atoms with Crippen LogP contribution in [0.1, 0.15) is 99.8 Å². The summed E-state index contributed by atoms with van der Waals surface area (Å²) in [6, 6.07) is 2.33. The van der Waals surface area contributed by atoms with Gasteiger partial charge in [0.05, 0.1) is 18.0 Å². The first kappa shape index (κ1) is 26.9. The lowest BCUT2D eigenvalue weighted by atomic mass is 9.34. The van der Waals surface area contributed by atoms with Crippen molar-refractivity contribution in [2.24, 2.45) is 50.2 Å². The van der Waals surface area contributed by atoms with Crippen molar-refractivity contribution in [3.63, 3.8) is 0 Å². The molecule has 1 aromatic heterocycles. The molecule has 7 atom stereocenters. The Hall–Kier alpha value is -2.35. The van der Waals surface area contributed by atoms with Crippen molar-refractivity contribution in [1.29, 1.82) is 5.26 Å². The molecule has 3 fully saturated rings. The maximum absolute atomic E-state index is 14.6. The number of ketones is 1. The van der Waals surface area contributed by atoms with Gasteiger partial charge in [-0.1, -0.05) is 54.0 Å². The molecule has 0 unspecified atom stereocenters. The van der Waals surface area contributed by atoms with E-state index in [4.69, 9.17) is 0 Å². The molecule has 0 amide bonds. The summed E-state index contributed by atoms with van der Waals surface area (Å²) >= 11 is 0. The highest BCUT2D eigenvalue weighted by Gasteiger charge is 2.69. The van der Waals surface area contributed by atoms with Crippen molar-refractivity contribution >= 4 is 5.78 Å². The van der Waals surface area contributed by atoms with E-state index in [2.05, 4.69) is 76.4 Å². The number of nitriles is 1. The molecule has 210 valence electrons. The van der Waals surface area contributed by atoms with Gasteiger partial charge in [0.2, 0.25) is 0 Å². The third-order valence-electron chi connectivity index (χ3n) is 13.4. The second-order valence-electron chi connectivity index (χ2n) is 16.1. The minimum atomic E-state index is -0.485. The van der Waals surface area contributed by atoms with Crippen molar-refractivity contribution in [3.05, 3.63) is 41.7 Å². The smallest absolute Gasteiger partial charge is 0.159 e. The zero-order chi connectivity index (χ0) is 28.2. The zero-order valence-corrected chi connectivity index (χ0v) is 25.1. The molecule has 0 radical (unpaired) electrons. The third kappa shape index (κ3) is 3.42. The zero-order valence-electron chi connectivity index (χ0n) is 25.1. The highest BCUT2D eigenvalue weighted by molar-refractivity contribution is 5.95. The van der Waals surface area contributed by atoms with E-state index in [1.165, 1.54) is 18.4 Å². The van der Waals surface area contributed by atoms with Crippen LogP contribution in [0, 0.1) is 61.6 Å². The highest BCUT2D eigenvalue weighted by Crippen LogP contribution is 2.75. The molecular weight excluding hydrogens is 482 g/mol. The highest BCUT2D eigenvalue weighted by atomic mass is 16.3. The molecule has 5 nitrogen and oxygen atoms in total. The van der Waals surface area contributed by atoms with E-state index in [0.29, 0.717) is 23.7 Å². The summed E-state index contributed by atoms with van der Waals surface area (Å²) in [5.74, 6) is 1.14. The minimum Gasteiger partial charge on any atom is -0.511 e. The van der Waals surface area contributed by atoms with Crippen LogP contribution < -0.4 is 0 Å². The van der Waals surface area contributed by atoms with Crippen LogP contribution >= 0.6 is 0 Å². The van der Waals surface area contributed by atoms with E-state index in [9.17, 15) is 15.2 Å². The molecule has 5 aliphatic rings. The summed E-state index contributed by atoms with van der Waals surface area (Å²) in [4.78, 5) is 19.0. The van der Waals surface area contributed by atoms with Gasteiger partial charge in [-0.2, -0.15) is 5.26 Å². The van der Waals surface area contributed by atoms with E-state index in [-0.39, 0.29) is 44.7 Å². The van der Waals surface area contributed by atoms with Gasteiger partial charge in [0, 0.05) is 30.3 Å². The number of hydrogen-bond donors (Lipinski definition) is 1. The molecular formula is C34H47N3O2. The Labute approximate surface area is 234 Å². The number of aromatic nitrogens is 2. The maximum atomic E-state index is 14.6. The summed E-state index contributed by atoms with van der Waals surface area (Å²) in [5.41, 5.74) is 1.08. The fraction of sp³-hybridized carbons (Fsp3) is 0.735. The van der Waals surface area contributed by atoms with Gasteiger partial charge in [-0.3, -0.25) is 4.79 Å². The summed E-state index contributed by atoms with van der Waals surface area (Å²) < 4.78 is 2.25. The van der Waals surface area contributed by atoms with Crippen LogP contribution in [-0.2, 0) is 11.3 Å². The molecule has 1 N–H and O–H groups in total. The van der Waals surface area contributed by atoms with Crippen LogP contribution in [0.2, 0.25) is 0 Å². The number of aliphatic hydroxyl groups excluding tert-OH is 1. The van der Waals surface area contributed by atoms with Crippen LogP contribution in [0.5, 0.6) is 0 Å². The Morgan fingerprint density at radius 3 is 2.46 bits per heavy atom. The topological polar surface area (TPSA) is 78.9 Å². The molecule has 0 aromatic carbocycles. The first-order valence-electron chi connectivity index (χ1n) is 15.2. The SMILES string of the molecule is CC1(C)CC[C@]2(Cn3ccnc3)CC[C@]3(C)[C@H](C(=O)C=C4[C@@]5(C)CC(C#N)=C(O)C(C)(C)[C@@H]5CC[C@]43C)[C@@H]2C1. The lowest BCUT2D eigenvalue weighted by molar-refractivity contribution is -0.175. The Balaban J connectivity index is 1.49. The number of aliphatic hydroxyl groups is 1. The number of allylic oxidation sites excluding steroid dienone is 4. The van der Waals surface area contributed by atoms with Crippen LogP contribution in [0.4, 0.5) is 0 Å². The van der Waals surface area contributed by atoms with Gasteiger partial charge in [-0.05, 0) is 96.4 Å². The molecule has 3 saturated carbocycles. The molecule has 1 aromatic rings. The molecule has 0 spiro atoms. The third-order valence-corrected chi connectivity index (χ3v) is 13.4. The molecule has 1 heterocycles. The van der Waals surface area contributed by atoms with Crippen molar-refractivity contribution in [2.75, 3.05) is 0 Å². The standard InChI is InChI=1S/C34H47N3O2/c1-29(2)10-12-34(20-37-15-14-36-21-37)13-11-33(7)27(23(34)18-29)24(38)16-26-31(5)17-22(19-35)28(39)30(3,4)25(31)8-9-32(26,33)6/h14-16,21,23,25,27,39H,8-13,17-18,20H2,1-7H3/t23-,25-,27-,31-,32+,33+,34+/m0/s1. The lowest BCUT2D eigenvalue weighted by Gasteiger charge is -2.69. The molecule has 0 saturated heterocycles. The lowest BCUT2D eigenvalue weighted by Crippen LogP contribution is -2.65. The molecule has 39 heavy (non-hydrogen) atoms. The van der Waals surface area contributed by atoms with Crippen LogP contribution in [0.15, 0.2) is 41.7 Å². The van der Waals surface area contributed by atoms with Gasteiger partial charge in [0.1, 0.15) is 5.76 Å². The summed E-state index contributed by atoms with van der Waals surface area (Å²) in [5, 5.41) is 21.1. The minimum absolute atomic E-state index is 0.0132. The summed E-state index contributed by atoms with van der Waals surface area (Å²) in [6.07, 6.45) is 16.2. The monoisotopic (exact) mass is 529 g/mol. The average molecular weight is 530 g/mol. The number of nitrogens with zero attached hydrogens (tertiary/aromatic N) is 3. The summed E-state index contributed by atoms with van der Waals surface area (Å²) in [7, 11) is 0. The van der Waals surface area contributed by atoms with E-state index < -0.39 is 5.41 Å². The molecule has 0 bridgehead atoms. The van der Waals surface area contributed by atoms with Gasteiger partial charge >= 0.3 is 0 Å². The van der Waals surface area contributed by atoms with Crippen molar-refractivity contribution in [3.8, 4) is 6.07 Å². The van der Waals surface area contributed by atoms with Gasteiger partial charge in [0.25, 0.3) is 0 Å². The Kier molecular flexibility index (Phi) is 5.58. The van der Waals surface area contributed by atoms with Gasteiger partial charge in [-0.25, -0.2) is 4.98 Å². The van der Waals surface area contributed by atoms with E-state index in [1.54, 1.807) is 0 Å². The van der Waals surface area contributed by atoms with Gasteiger partial charge < -0.3 is 9.67 Å². The van der Waals surface area contributed by atoms with Gasteiger partial charge in [-0.15, -0.1) is 0 Å². The predicted molar refractivity (Wildman–Crippen MR) is 152 cm³/mol. The van der Waals surface area contributed by atoms with E-state index >= 15 is 0 Å².